The Morgan fingerprint density at radius 1 is 1.11 bits per heavy atom. The van der Waals surface area contributed by atoms with Crippen molar-refractivity contribution in [1.82, 2.24) is 4.98 Å². The molecular weight excluding hydrogens is 290 g/mol. The number of alkyl halides is 1. The van der Waals surface area contributed by atoms with Gasteiger partial charge < -0.3 is 4.74 Å². The van der Waals surface area contributed by atoms with Gasteiger partial charge in [0.05, 0.1) is 5.69 Å². The number of benzene rings is 1. The zero-order chi connectivity index (χ0) is 13.0. The number of aromatic nitrogens is 1. The molecule has 94 valence electrons. The lowest BCUT2D eigenvalue weighted by atomic mass is 10.2. The number of ether oxygens (including phenoxy) is 1. The Morgan fingerprint density at radius 2 is 1.89 bits per heavy atom. The van der Waals surface area contributed by atoms with Gasteiger partial charge in [0.2, 0.25) is 0 Å². The highest BCUT2D eigenvalue weighted by Gasteiger charge is 2.08. The summed E-state index contributed by atoms with van der Waals surface area (Å²) < 4.78 is 5.98. The Hall–Kier alpha value is -1.35. The lowest BCUT2D eigenvalue weighted by molar-refractivity contribution is 0.469. The van der Waals surface area contributed by atoms with Crippen LogP contribution < -0.4 is 4.74 Å². The predicted octanol–water partition coefficient (Wildman–Crippen LogP) is 4.64. The van der Waals surface area contributed by atoms with E-state index in [2.05, 4.69) is 33.9 Å². The van der Waals surface area contributed by atoms with Crippen molar-refractivity contribution >= 4 is 15.9 Å². The van der Waals surface area contributed by atoms with Crippen molar-refractivity contribution in [2.45, 2.75) is 25.6 Å². The van der Waals surface area contributed by atoms with Crippen molar-refractivity contribution in [1.29, 1.82) is 0 Å². The van der Waals surface area contributed by atoms with E-state index in [-0.39, 0.29) is 0 Å². The molecule has 0 unspecified atom stereocenters. The largest absolute Gasteiger partial charge is 0.455 e. The van der Waals surface area contributed by atoms with Crippen LogP contribution in [0.1, 0.15) is 23.9 Å². The zero-order valence-corrected chi connectivity index (χ0v) is 12.2. The van der Waals surface area contributed by atoms with E-state index in [1.807, 2.05) is 37.3 Å². The highest BCUT2D eigenvalue weighted by atomic mass is 79.9. The van der Waals surface area contributed by atoms with Gasteiger partial charge in [0, 0.05) is 16.6 Å². The molecule has 0 amide bonds. The van der Waals surface area contributed by atoms with Crippen molar-refractivity contribution in [3.05, 3.63) is 53.3 Å². The number of pyridine rings is 1. The standard InChI is InChI=1S/C15H16BrNO/c1-3-13-15(9-8-11(2)17-13)18-14-7-5-4-6-12(14)10-16/h4-9H,3,10H2,1-2H3. The summed E-state index contributed by atoms with van der Waals surface area (Å²) in [7, 11) is 0. The molecule has 0 aliphatic rings. The van der Waals surface area contributed by atoms with E-state index in [1.165, 1.54) is 0 Å². The average molecular weight is 306 g/mol. The van der Waals surface area contributed by atoms with Crippen molar-refractivity contribution in [2.24, 2.45) is 0 Å². The second kappa shape index (κ2) is 6.01. The quantitative estimate of drug-likeness (QED) is 0.768. The van der Waals surface area contributed by atoms with Crippen LogP contribution >= 0.6 is 15.9 Å². The van der Waals surface area contributed by atoms with E-state index in [0.717, 1.165) is 40.2 Å². The number of hydrogen-bond acceptors (Lipinski definition) is 2. The van der Waals surface area contributed by atoms with E-state index in [1.54, 1.807) is 0 Å². The number of para-hydroxylation sites is 1. The molecule has 0 aliphatic heterocycles. The summed E-state index contributed by atoms with van der Waals surface area (Å²) >= 11 is 3.47. The van der Waals surface area contributed by atoms with E-state index in [9.17, 15) is 0 Å². The molecule has 0 atom stereocenters. The summed E-state index contributed by atoms with van der Waals surface area (Å²) in [5.41, 5.74) is 3.16. The summed E-state index contributed by atoms with van der Waals surface area (Å²) in [6, 6.07) is 12.0. The third kappa shape index (κ3) is 2.91. The van der Waals surface area contributed by atoms with E-state index < -0.39 is 0 Å². The van der Waals surface area contributed by atoms with Gasteiger partial charge >= 0.3 is 0 Å². The van der Waals surface area contributed by atoms with Crippen molar-refractivity contribution in [3.63, 3.8) is 0 Å². The monoisotopic (exact) mass is 305 g/mol. The molecular formula is C15H16BrNO. The lowest BCUT2D eigenvalue weighted by Crippen LogP contribution is -1.97. The van der Waals surface area contributed by atoms with Gasteiger partial charge in [0.25, 0.3) is 0 Å². The molecule has 0 saturated carbocycles. The van der Waals surface area contributed by atoms with Crippen molar-refractivity contribution < 1.29 is 4.74 Å². The SMILES string of the molecule is CCc1nc(C)ccc1Oc1ccccc1CBr. The van der Waals surface area contributed by atoms with Crippen LogP contribution in [0.2, 0.25) is 0 Å². The Balaban J connectivity index is 2.33. The minimum Gasteiger partial charge on any atom is -0.455 e. The number of nitrogens with zero attached hydrogens (tertiary/aromatic N) is 1. The summed E-state index contributed by atoms with van der Waals surface area (Å²) in [5.74, 6) is 1.73. The molecule has 1 heterocycles. The van der Waals surface area contributed by atoms with Crippen LogP contribution in [0.5, 0.6) is 11.5 Å². The van der Waals surface area contributed by atoms with Crippen LogP contribution in [-0.4, -0.2) is 4.98 Å². The summed E-state index contributed by atoms with van der Waals surface area (Å²) in [6.07, 6.45) is 0.869. The first-order valence-corrected chi connectivity index (χ1v) is 7.15. The predicted molar refractivity (Wildman–Crippen MR) is 77.5 cm³/mol. The van der Waals surface area contributed by atoms with E-state index in [4.69, 9.17) is 4.74 Å². The van der Waals surface area contributed by atoms with Crippen LogP contribution in [0.15, 0.2) is 36.4 Å². The minimum absolute atomic E-state index is 0.782. The maximum Gasteiger partial charge on any atom is 0.148 e. The third-order valence-electron chi connectivity index (χ3n) is 2.74. The van der Waals surface area contributed by atoms with Crippen LogP contribution in [-0.2, 0) is 11.8 Å². The van der Waals surface area contributed by atoms with Gasteiger partial charge in [-0.1, -0.05) is 41.1 Å². The molecule has 0 bridgehead atoms. The number of aryl methyl sites for hydroxylation is 2. The summed E-state index contributed by atoms with van der Waals surface area (Å²) in [5, 5.41) is 0.782. The molecule has 1 aromatic heterocycles. The van der Waals surface area contributed by atoms with Gasteiger partial charge in [0.1, 0.15) is 11.5 Å². The van der Waals surface area contributed by atoms with Gasteiger partial charge in [-0.15, -0.1) is 0 Å². The second-order valence-corrected chi connectivity index (χ2v) is 4.66. The molecule has 0 aliphatic carbocycles. The second-order valence-electron chi connectivity index (χ2n) is 4.09. The topological polar surface area (TPSA) is 22.1 Å². The molecule has 0 radical (unpaired) electrons. The van der Waals surface area contributed by atoms with Gasteiger partial charge in [-0.25, -0.2) is 0 Å². The molecule has 0 fully saturated rings. The zero-order valence-electron chi connectivity index (χ0n) is 10.6. The lowest BCUT2D eigenvalue weighted by Gasteiger charge is -2.12. The molecule has 0 saturated heterocycles. The summed E-state index contributed by atoms with van der Waals surface area (Å²) in [6.45, 7) is 4.08. The molecule has 0 spiro atoms. The number of rotatable bonds is 4. The van der Waals surface area contributed by atoms with Crippen LogP contribution in [0.25, 0.3) is 0 Å². The Bertz CT molecular complexity index is 540. The minimum atomic E-state index is 0.782. The van der Waals surface area contributed by atoms with Crippen LogP contribution in [0.4, 0.5) is 0 Å². The molecule has 0 N–H and O–H groups in total. The molecule has 2 nitrogen and oxygen atoms in total. The van der Waals surface area contributed by atoms with Gasteiger partial charge in [0.15, 0.2) is 0 Å². The first-order valence-electron chi connectivity index (χ1n) is 6.02. The van der Waals surface area contributed by atoms with Gasteiger partial charge in [-0.3, -0.25) is 4.98 Å². The van der Waals surface area contributed by atoms with Crippen molar-refractivity contribution in [2.75, 3.05) is 0 Å². The van der Waals surface area contributed by atoms with Crippen LogP contribution in [0, 0.1) is 6.92 Å². The van der Waals surface area contributed by atoms with Crippen molar-refractivity contribution in [3.8, 4) is 11.5 Å². The van der Waals surface area contributed by atoms with E-state index in [0.29, 0.717) is 0 Å². The Kier molecular flexibility index (Phi) is 4.37. The highest BCUT2D eigenvalue weighted by Crippen LogP contribution is 2.28. The van der Waals surface area contributed by atoms with E-state index >= 15 is 0 Å². The first kappa shape index (κ1) is 13.1. The maximum atomic E-state index is 5.98. The fourth-order valence-corrected chi connectivity index (χ4v) is 2.24. The van der Waals surface area contributed by atoms with Gasteiger partial charge in [-0.05, 0) is 31.5 Å². The average Bonchev–Trinajstić information content (AvgIpc) is 2.41. The molecule has 1 aromatic carbocycles. The number of hydrogen-bond donors (Lipinski definition) is 0. The number of halogens is 1. The molecule has 2 rings (SSSR count). The smallest absolute Gasteiger partial charge is 0.148 e. The third-order valence-corrected chi connectivity index (χ3v) is 3.35. The Labute approximate surface area is 116 Å². The maximum absolute atomic E-state index is 5.98. The normalized spacial score (nSPS) is 10.4. The molecule has 18 heavy (non-hydrogen) atoms. The fraction of sp³-hybridized carbons (Fsp3) is 0.267. The van der Waals surface area contributed by atoms with Gasteiger partial charge in [-0.2, -0.15) is 0 Å². The highest BCUT2D eigenvalue weighted by molar-refractivity contribution is 9.08. The van der Waals surface area contributed by atoms with Crippen LogP contribution in [0.3, 0.4) is 0 Å². The summed E-state index contributed by atoms with van der Waals surface area (Å²) in [4.78, 5) is 4.51. The Morgan fingerprint density at radius 3 is 2.61 bits per heavy atom. The molecule has 2 aromatic rings. The molecule has 3 heteroatoms. The first-order chi connectivity index (χ1) is 8.74. The fourth-order valence-electron chi connectivity index (χ4n) is 1.78.